The minimum atomic E-state index is -0.680. The molecular weight excluding hydrogens is 196 g/mol. The quantitative estimate of drug-likeness (QED) is 0.570. The number of hydrogen-bond donors (Lipinski definition) is 1. The summed E-state index contributed by atoms with van der Waals surface area (Å²) in [6.45, 7) is 2.22. The summed E-state index contributed by atoms with van der Waals surface area (Å²) in [5, 5.41) is 8.40. The Kier molecular flexibility index (Phi) is 10.8. The summed E-state index contributed by atoms with van der Waals surface area (Å²) in [4.78, 5) is 10.2. The van der Waals surface area contributed by atoms with Crippen LogP contribution in [0, 0.1) is 0 Å². The second-order valence-electron chi connectivity index (χ2n) is 3.52. The van der Waals surface area contributed by atoms with Crippen molar-refractivity contribution in [3.05, 3.63) is 0 Å². The Balaban J connectivity index is 2.88. The molecule has 0 unspecified atom stereocenters. The van der Waals surface area contributed by atoms with Gasteiger partial charge in [-0.2, -0.15) is 11.8 Å². The van der Waals surface area contributed by atoms with E-state index in [4.69, 9.17) is 5.11 Å². The molecule has 0 aliphatic heterocycles. The third-order valence-corrected chi connectivity index (χ3v) is 3.17. The molecule has 0 spiro atoms. The second kappa shape index (κ2) is 10.9. The van der Waals surface area contributed by atoms with Gasteiger partial charge in [0.1, 0.15) is 0 Å². The summed E-state index contributed by atoms with van der Waals surface area (Å²) in [7, 11) is 0. The van der Waals surface area contributed by atoms with Gasteiger partial charge in [0.05, 0.1) is 6.42 Å². The van der Waals surface area contributed by atoms with E-state index in [0.717, 1.165) is 11.5 Å². The van der Waals surface area contributed by atoms with Gasteiger partial charge in [-0.25, -0.2) is 0 Å². The van der Waals surface area contributed by atoms with Crippen LogP contribution in [0.4, 0.5) is 0 Å². The van der Waals surface area contributed by atoms with Crippen LogP contribution in [-0.2, 0) is 4.79 Å². The third kappa shape index (κ3) is 11.8. The smallest absolute Gasteiger partial charge is 0.304 e. The van der Waals surface area contributed by atoms with Crippen LogP contribution in [0.25, 0.3) is 0 Å². The Morgan fingerprint density at radius 2 is 1.71 bits per heavy atom. The zero-order valence-electron chi connectivity index (χ0n) is 9.13. The summed E-state index contributed by atoms with van der Waals surface area (Å²) in [6, 6.07) is 0. The van der Waals surface area contributed by atoms with E-state index in [1.54, 1.807) is 11.8 Å². The highest BCUT2D eigenvalue weighted by Crippen LogP contribution is 2.10. The summed E-state index contributed by atoms with van der Waals surface area (Å²) >= 11 is 1.76. The van der Waals surface area contributed by atoms with Gasteiger partial charge in [0.15, 0.2) is 0 Å². The van der Waals surface area contributed by atoms with Crippen LogP contribution >= 0.6 is 11.8 Å². The SMILES string of the molecule is CCCCCCCCSCCC(=O)O. The number of unbranched alkanes of at least 4 members (excludes halogenated alkanes) is 5. The van der Waals surface area contributed by atoms with Gasteiger partial charge in [-0.15, -0.1) is 0 Å². The maximum absolute atomic E-state index is 10.2. The molecule has 0 saturated heterocycles. The van der Waals surface area contributed by atoms with Crippen molar-refractivity contribution in [3.8, 4) is 0 Å². The summed E-state index contributed by atoms with van der Waals surface area (Å²) in [5.74, 6) is 1.21. The van der Waals surface area contributed by atoms with Crippen molar-refractivity contribution in [2.45, 2.75) is 51.9 Å². The fraction of sp³-hybridized carbons (Fsp3) is 0.909. The van der Waals surface area contributed by atoms with Crippen molar-refractivity contribution in [3.63, 3.8) is 0 Å². The van der Waals surface area contributed by atoms with Crippen LogP contribution in [0.3, 0.4) is 0 Å². The number of hydrogen-bond acceptors (Lipinski definition) is 2. The molecule has 0 aliphatic rings. The Bertz CT molecular complexity index is 137. The highest BCUT2D eigenvalue weighted by molar-refractivity contribution is 7.99. The number of thioether (sulfide) groups is 1. The highest BCUT2D eigenvalue weighted by Gasteiger charge is 1.96. The minimum absolute atomic E-state index is 0.306. The Hall–Kier alpha value is -0.180. The van der Waals surface area contributed by atoms with Crippen molar-refractivity contribution in [1.29, 1.82) is 0 Å². The van der Waals surface area contributed by atoms with Gasteiger partial charge in [0, 0.05) is 5.75 Å². The van der Waals surface area contributed by atoms with E-state index in [9.17, 15) is 4.79 Å². The monoisotopic (exact) mass is 218 g/mol. The van der Waals surface area contributed by atoms with E-state index in [1.807, 2.05) is 0 Å². The highest BCUT2D eigenvalue weighted by atomic mass is 32.2. The molecule has 14 heavy (non-hydrogen) atoms. The molecule has 0 rings (SSSR count). The van der Waals surface area contributed by atoms with E-state index < -0.39 is 5.97 Å². The summed E-state index contributed by atoms with van der Waals surface area (Å²) < 4.78 is 0. The molecule has 84 valence electrons. The van der Waals surface area contributed by atoms with E-state index in [1.165, 1.54) is 38.5 Å². The van der Waals surface area contributed by atoms with Crippen LogP contribution in [-0.4, -0.2) is 22.6 Å². The van der Waals surface area contributed by atoms with Crippen LogP contribution in [0.1, 0.15) is 51.9 Å². The average molecular weight is 218 g/mol. The summed E-state index contributed by atoms with van der Waals surface area (Å²) in [5.41, 5.74) is 0. The molecule has 0 aromatic rings. The summed E-state index contributed by atoms with van der Waals surface area (Å²) in [6.07, 6.45) is 8.21. The maximum atomic E-state index is 10.2. The van der Waals surface area contributed by atoms with E-state index >= 15 is 0 Å². The van der Waals surface area contributed by atoms with Crippen LogP contribution in [0.15, 0.2) is 0 Å². The zero-order valence-corrected chi connectivity index (χ0v) is 9.94. The van der Waals surface area contributed by atoms with Gasteiger partial charge in [-0.05, 0) is 12.2 Å². The van der Waals surface area contributed by atoms with Gasteiger partial charge in [0.25, 0.3) is 0 Å². The molecule has 0 fully saturated rings. The van der Waals surface area contributed by atoms with Crippen LogP contribution < -0.4 is 0 Å². The Morgan fingerprint density at radius 3 is 2.36 bits per heavy atom. The van der Waals surface area contributed by atoms with Gasteiger partial charge in [-0.3, -0.25) is 4.79 Å². The van der Waals surface area contributed by atoms with E-state index in [-0.39, 0.29) is 0 Å². The fourth-order valence-corrected chi connectivity index (χ4v) is 2.18. The number of carboxylic acid groups (broad SMARTS) is 1. The predicted octanol–water partition coefficient (Wildman–Crippen LogP) is 3.55. The molecule has 0 aliphatic carbocycles. The lowest BCUT2D eigenvalue weighted by Gasteiger charge is -2.00. The molecule has 0 aromatic heterocycles. The van der Waals surface area contributed by atoms with Crippen molar-refractivity contribution < 1.29 is 9.90 Å². The average Bonchev–Trinajstić information content (AvgIpc) is 2.15. The van der Waals surface area contributed by atoms with Crippen molar-refractivity contribution in [2.24, 2.45) is 0 Å². The first-order valence-corrected chi connectivity index (χ1v) is 6.72. The number of rotatable bonds is 10. The lowest BCUT2D eigenvalue weighted by atomic mass is 10.1. The lowest BCUT2D eigenvalue weighted by Crippen LogP contribution is -1.96. The second-order valence-corrected chi connectivity index (χ2v) is 4.75. The largest absolute Gasteiger partial charge is 0.481 e. The molecule has 1 N–H and O–H groups in total. The molecule has 0 bridgehead atoms. The standard InChI is InChI=1S/C11H22O2S/c1-2-3-4-5-6-7-9-14-10-8-11(12)13/h2-10H2,1H3,(H,12,13). The normalized spacial score (nSPS) is 10.4. The van der Waals surface area contributed by atoms with Crippen molar-refractivity contribution >= 4 is 17.7 Å². The number of aliphatic carboxylic acids is 1. The topological polar surface area (TPSA) is 37.3 Å². The first-order chi connectivity index (χ1) is 6.77. The van der Waals surface area contributed by atoms with Crippen LogP contribution in [0.2, 0.25) is 0 Å². The maximum Gasteiger partial charge on any atom is 0.304 e. The molecule has 3 heteroatoms. The van der Waals surface area contributed by atoms with Gasteiger partial charge >= 0.3 is 5.97 Å². The minimum Gasteiger partial charge on any atom is -0.481 e. The molecular formula is C11H22O2S. The van der Waals surface area contributed by atoms with E-state index in [0.29, 0.717) is 6.42 Å². The third-order valence-electron chi connectivity index (χ3n) is 2.10. The molecule has 0 saturated carbocycles. The Labute approximate surface area is 91.5 Å². The predicted molar refractivity (Wildman–Crippen MR) is 63.0 cm³/mol. The molecule has 0 atom stereocenters. The van der Waals surface area contributed by atoms with Gasteiger partial charge < -0.3 is 5.11 Å². The van der Waals surface area contributed by atoms with Crippen molar-refractivity contribution in [1.82, 2.24) is 0 Å². The van der Waals surface area contributed by atoms with E-state index in [2.05, 4.69) is 6.92 Å². The molecule has 0 amide bonds. The fourth-order valence-electron chi connectivity index (χ4n) is 1.25. The van der Waals surface area contributed by atoms with Gasteiger partial charge in [0.2, 0.25) is 0 Å². The van der Waals surface area contributed by atoms with Crippen LogP contribution in [0.5, 0.6) is 0 Å². The molecule has 0 radical (unpaired) electrons. The first-order valence-electron chi connectivity index (χ1n) is 5.57. The van der Waals surface area contributed by atoms with Crippen molar-refractivity contribution in [2.75, 3.05) is 11.5 Å². The lowest BCUT2D eigenvalue weighted by molar-refractivity contribution is -0.136. The molecule has 0 heterocycles. The Morgan fingerprint density at radius 1 is 1.07 bits per heavy atom. The first kappa shape index (κ1) is 13.8. The number of carboxylic acids is 1. The molecule has 2 nitrogen and oxygen atoms in total. The van der Waals surface area contributed by atoms with Gasteiger partial charge in [-0.1, -0.05) is 39.0 Å². The molecule has 0 aromatic carbocycles. The zero-order chi connectivity index (χ0) is 10.6. The number of carbonyl (C=O) groups is 1.